The van der Waals surface area contributed by atoms with E-state index in [9.17, 15) is 18.5 Å². The summed E-state index contributed by atoms with van der Waals surface area (Å²) in [5.74, 6) is 0.00368. The first-order valence-electron chi connectivity index (χ1n) is 10.4. The quantitative estimate of drug-likeness (QED) is 0.659. The van der Waals surface area contributed by atoms with Crippen molar-refractivity contribution in [2.24, 2.45) is 0 Å². The van der Waals surface area contributed by atoms with Crippen molar-refractivity contribution in [2.45, 2.75) is 25.3 Å². The minimum absolute atomic E-state index is 0.00368. The third-order valence-corrected chi connectivity index (χ3v) is 7.47. The van der Waals surface area contributed by atoms with E-state index in [1.807, 2.05) is 32.0 Å². The molecule has 2 aromatic rings. The summed E-state index contributed by atoms with van der Waals surface area (Å²) in [6, 6.07) is 16.4. The van der Waals surface area contributed by atoms with Crippen LogP contribution in [-0.2, 0) is 21.4 Å². The molecule has 1 fully saturated rings. The van der Waals surface area contributed by atoms with Crippen LogP contribution in [0.3, 0.4) is 0 Å². The molecule has 0 unspecified atom stereocenters. The zero-order valence-electron chi connectivity index (χ0n) is 18.0. The van der Waals surface area contributed by atoms with Gasteiger partial charge in [0.05, 0.1) is 17.0 Å². The van der Waals surface area contributed by atoms with Crippen molar-refractivity contribution in [3.8, 4) is 6.07 Å². The number of carbonyl (C=O) groups excluding carboxylic acids is 1. The number of amides is 1. The normalized spacial score (nSPS) is 15.1. The van der Waals surface area contributed by atoms with Crippen molar-refractivity contribution >= 4 is 15.9 Å². The third kappa shape index (κ3) is 5.50. The van der Waals surface area contributed by atoms with Gasteiger partial charge in [-0.2, -0.15) is 9.57 Å². The molecule has 8 heteroatoms. The van der Waals surface area contributed by atoms with Crippen LogP contribution in [0.5, 0.6) is 0 Å². The Kier molecular flexibility index (Phi) is 7.44. The Labute approximate surface area is 184 Å². The van der Waals surface area contributed by atoms with Crippen molar-refractivity contribution in [1.29, 1.82) is 5.26 Å². The second-order valence-electron chi connectivity index (χ2n) is 7.69. The fraction of sp³-hybridized carbons (Fsp3) is 0.391. The number of likely N-dealkylation sites (N-methyl/N-ethyl adjacent to an activating group) is 1. The SMILES string of the molecule is CCN(CC(=O)N1CCN(S(=O)(=O)c2ccccc2C#N)CC1)Cc1cccc(C)c1. The summed E-state index contributed by atoms with van der Waals surface area (Å²) >= 11 is 0. The lowest BCUT2D eigenvalue weighted by molar-refractivity contribution is -0.133. The molecule has 0 aromatic heterocycles. The lowest BCUT2D eigenvalue weighted by Gasteiger charge is -2.35. The maximum atomic E-state index is 13.0. The van der Waals surface area contributed by atoms with E-state index >= 15 is 0 Å². The van der Waals surface area contributed by atoms with Gasteiger partial charge in [0.2, 0.25) is 15.9 Å². The van der Waals surface area contributed by atoms with Gasteiger partial charge in [0.1, 0.15) is 6.07 Å². The molecule has 0 atom stereocenters. The second kappa shape index (κ2) is 10.1. The zero-order valence-corrected chi connectivity index (χ0v) is 18.8. The van der Waals surface area contributed by atoms with Crippen LogP contribution < -0.4 is 0 Å². The summed E-state index contributed by atoms with van der Waals surface area (Å²) in [6.45, 7) is 6.95. The van der Waals surface area contributed by atoms with Crippen LogP contribution in [0, 0.1) is 18.3 Å². The zero-order chi connectivity index (χ0) is 22.4. The molecular formula is C23H28N4O3S. The van der Waals surface area contributed by atoms with E-state index in [4.69, 9.17) is 0 Å². The Morgan fingerprint density at radius 2 is 1.81 bits per heavy atom. The summed E-state index contributed by atoms with van der Waals surface area (Å²) < 4.78 is 27.3. The molecule has 0 saturated carbocycles. The Morgan fingerprint density at radius 3 is 2.45 bits per heavy atom. The van der Waals surface area contributed by atoms with Crippen LogP contribution in [0.15, 0.2) is 53.4 Å². The van der Waals surface area contributed by atoms with Gasteiger partial charge in [-0.3, -0.25) is 9.69 Å². The van der Waals surface area contributed by atoms with Crippen molar-refractivity contribution in [1.82, 2.24) is 14.1 Å². The predicted octanol–water partition coefficient (Wildman–Crippen LogP) is 2.22. The molecule has 0 aliphatic carbocycles. The number of nitriles is 1. The lowest BCUT2D eigenvalue weighted by Crippen LogP contribution is -2.52. The first-order valence-corrected chi connectivity index (χ1v) is 11.8. The van der Waals surface area contributed by atoms with Crippen LogP contribution in [0.1, 0.15) is 23.6 Å². The molecule has 0 N–H and O–H groups in total. The number of benzene rings is 2. The Hall–Kier alpha value is -2.73. The van der Waals surface area contributed by atoms with Crippen LogP contribution >= 0.6 is 0 Å². The smallest absolute Gasteiger partial charge is 0.244 e. The Bertz CT molecular complexity index is 1070. The average molecular weight is 441 g/mol. The number of sulfonamides is 1. The van der Waals surface area contributed by atoms with Crippen molar-refractivity contribution in [3.63, 3.8) is 0 Å². The highest BCUT2D eigenvalue weighted by Crippen LogP contribution is 2.21. The number of piperazine rings is 1. The first-order chi connectivity index (χ1) is 14.8. The molecule has 164 valence electrons. The molecule has 0 radical (unpaired) electrons. The molecule has 31 heavy (non-hydrogen) atoms. The fourth-order valence-electron chi connectivity index (χ4n) is 3.74. The van der Waals surface area contributed by atoms with E-state index in [0.717, 1.165) is 6.54 Å². The molecule has 3 rings (SSSR count). The predicted molar refractivity (Wildman–Crippen MR) is 119 cm³/mol. The molecule has 1 heterocycles. The largest absolute Gasteiger partial charge is 0.339 e. The second-order valence-corrected chi connectivity index (χ2v) is 9.59. The highest BCUT2D eigenvalue weighted by Gasteiger charge is 2.31. The molecule has 1 saturated heterocycles. The van der Waals surface area contributed by atoms with Crippen LogP contribution in [0.25, 0.3) is 0 Å². The van der Waals surface area contributed by atoms with Gasteiger partial charge < -0.3 is 4.90 Å². The van der Waals surface area contributed by atoms with Gasteiger partial charge in [-0.05, 0) is 31.2 Å². The van der Waals surface area contributed by atoms with E-state index in [1.165, 1.54) is 27.6 Å². The third-order valence-electron chi connectivity index (χ3n) is 5.51. The lowest BCUT2D eigenvalue weighted by atomic mass is 10.1. The molecule has 1 aliphatic heterocycles. The van der Waals surface area contributed by atoms with Crippen LogP contribution in [-0.4, -0.2) is 67.7 Å². The molecule has 0 spiro atoms. The summed E-state index contributed by atoms with van der Waals surface area (Å²) in [5.41, 5.74) is 2.49. The van der Waals surface area contributed by atoms with Gasteiger partial charge in [-0.1, -0.05) is 48.9 Å². The number of aryl methyl sites for hydroxylation is 1. The van der Waals surface area contributed by atoms with Crippen molar-refractivity contribution in [3.05, 3.63) is 65.2 Å². The summed E-state index contributed by atoms with van der Waals surface area (Å²) in [7, 11) is -3.76. The van der Waals surface area contributed by atoms with E-state index in [0.29, 0.717) is 26.2 Å². The van der Waals surface area contributed by atoms with E-state index in [1.54, 1.807) is 17.0 Å². The number of rotatable bonds is 7. The monoisotopic (exact) mass is 440 g/mol. The molecule has 2 aromatic carbocycles. The molecule has 0 bridgehead atoms. The van der Waals surface area contributed by atoms with Gasteiger partial charge in [0.15, 0.2) is 0 Å². The van der Waals surface area contributed by atoms with Crippen molar-refractivity contribution in [2.75, 3.05) is 39.3 Å². The maximum Gasteiger partial charge on any atom is 0.244 e. The number of hydrogen-bond acceptors (Lipinski definition) is 5. The summed E-state index contributed by atoms with van der Waals surface area (Å²) in [6.07, 6.45) is 0. The summed E-state index contributed by atoms with van der Waals surface area (Å²) in [5, 5.41) is 9.23. The summed E-state index contributed by atoms with van der Waals surface area (Å²) in [4.78, 5) is 16.7. The minimum Gasteiger partial charge on any atom is -0.339 e. The van der Waals surface area contributed by atoms with Crippen molar-refractivity contribution < 1.29 is 13.2 Å². The Morgan fingerprint density at radius 1 is 1.10 bits per heavy atom. The van der Waals surface area contributed by atoms with Gasteiger partial charge in [-0.25, -0.2) is 8.42 Å². The number of hydrogen-bond donors (Lipinski definition) is 0. The van der Waals surface area contributed by atoms with E-state index in [2.05, 4.69) is 17.0 Å². The fourth-order valence-corrected chi connectivity index (χ4v) is 5.30. The van der Waals surface area contributed by atoms with Gasteiger partial charge in [0, 0.05) is 32.7 Å². The Balaban J connectivity index is 1.59. The van der Waals surface area contributed by atoms with Gasteiger partial charge >= 0.3 is 0 Å². The van der Waals surface area contributed by atoms with E-state index < -0.39 is 10.0 Å². The minimum atomic E-state index is -3.76. The van der Waals surface area contributed by atoms with Crippen LogP contribution in [0.4, 0.5) is 0 Å². The number of carbonyl (C=O) groups is 1. The molecular weight excluding hydrogens is 412 g/mol. The topological polar surface area (TPSA) is 84.7 Å². The van der Waals surface area contributed by atoms with Crippen LogP contribution in [0.2, 0.25) is 0 Å². The van der Waals surface area contributed by atoms with Gasteiger partial charge in [0.25, 0.3) is 0 Å². The maximum absolute atomic E-state index is 13.0. The molecule has 1 amide bonds. The highest BCUT2D eigenvalue weighted by atomic mass is 32.2. The standard InChI is InChI=1S/C23H28N4O3S/c1-3-25(17-20-8-6-7-19(2)15-20)18-23(28)26-11-13-27(14-12-26)31(29,30)22-10-5-4-9-21(22)16-24/h4-10,15H,3,11-14,17-18H2,1-2H3. The highest BCUT2D eigenvalue weighted by molar-refractivity contribution is 7.89. The molecule has 7 nitrogen and oxygen atoms in total. The molecule has 1 aliphatic rings. The average Bonchev–Trinajstić information content (AvgIpc) is 2.78. The first kappa shape index (κ1) is 22.9. The van der Waals surface area contributed by atoms with Gasteiger partial charge in [-0.15, -0.1) is 0 Å². The van der Waals surface area contributed by atoms with E-state index in [-0.39, 0.29) is 29.5 Å². The number of nitrogens with zero attached hydrogens (tertiary/aromatic N) is 4.